The van der Waals surface area contributed by atoms with E-state index in [4.69, 9.17) is 0 Å². The molecule has 0 unspecified atom stereocenters. The van der Waals surface area contributed by atoms with Crippen molar-refractivity contribution in [2.45, 2.75) is 32.5 Å². The van der Waals surface area contributed by atoms with Gasteiger partial charge in [0, 0.05) is 5.56 Å². The molecule has 1 aromatic heterocycles. The van der Waals surface area contributed by atoms with Crippen LogP contribution >= 0.6 is 0 Å². The fourth-order valence-corrected chi connectivity index (χ4v) is 2.52. The molecule has 7 heteroatoms. The summed E-state index contributed by atoms with van der Waals surface area (Å²) in [5.41, 5.74) is 2.76. The summed E-state index contributed by atoms with van der Waals surface area (Å²) in [6.07, 6.45) is 0.178. The van der Waals surface area contributed by atoms with Gasteiger partial charge in [-0.05, 0) is 42.7 Å². The van der Waals surface area contributed by atoms with Gasteiger partial charge in [0.05, 0.1) is 5.69 Å². The van der Waals surface area contributed by atoms with Crippen LogP contribution in [0.15, 0.2) is 54.9 Å². The normalized spacial score (nSPS) is 11.5. The first-order chi connectivity index (χ1) is 12.4. The zero-order valence-electron chi connectivity index (χ0n) is 14.2. The highest BCUT2D eigenvalue weighted by molar-refractivity contribution is 5.55. The summed E-state index contributed by atoms with van der Waals surface area (Å²) < 4.78 is 42.0. The number of aryl methyl sites for hydroxylation is 1. The second-order valence-electron chi connectivity index (χ2n) is 5.85. The molecule has 2 aromatic carbocycles. The van der Waals surface area contributed by atoms with Gasteiger partial charge in [-0.2, -0.15) is 0 Å². The molecule has 0 aliphatic rings. The van der Waals surface area contributed by atoms with E-state index in [0.29, 0.717) is 11.5 Å². The van der Waals surface area contributed by atoms with E-state index >= 15 is 0 Å². The summed E-state index contributed by atoms with van der Waals surface area (Å²) >= 11 is 0. The van der Waals surface area contributed by atoms with Crippen molar-refractivity contribution in [2.75, 3.05) is 0 Å². The zero-order chi connectivity index (χ0) is 18.6. The number of alkyl halides is 3. The Kier molecular flexibility index (Phi) is 5.25. The number of hydrogen-bond acceptors (Lipinski definition) is 3. The number of aromatic nitrogens is 3. The third kappa shape index (κ3) is 4.62. The van der Waals surface area contributed by atoms with Gasteiger partial charge < -0.3 is 4.74 Å². The molecule has 0 aliphatic heterocycles. The summed E-state index contributed by atoms with van der Waals surface area (Å²) in [6, 6.07) is 13.6. The summed E-state index contributed by atoms with van der Waals surface area (Å²) in [4.78, 5) is 4.28. The molecule has 0 atom stereocenters. The molecule has 1 heterocycles. The Morgan fingerprint density at radius 3 is 2.31 bits per heavy atom. The number of nitrogens with zero attached hydrogens (tertiary/aromatic N) is 3. The molecule has 0 spiro atoms. The van der Waals surface area contributed by atoms with E-state index in [9.17, 15) is 13.2 Å². The molecule has 136 valence electrons. The third-order valence-electron chi connectivity index (χ3n) is 3.86. The maximum Gasteiger partial charge on any atom is 0.573 e. The van der Waals surface area contributed by atoms with Crippen molar-refractivity contribution >= 4 is 0 Å². The molecule has 0 N–H and O–H groups in total. The second-order valence-corrected chi connectivity index (χ2v) is 5.85. The Morgan fingerprint density at radius 2 is 1.69 bits per heavy atom. The first-order valence-corrected chi connectivity index (χ1v) is 8.32. The Hall–Kier alpha value is -2.83. The van der Waals surface area contributed by atoms with Crippen molar-refractivity contribution in [1.82, 2.24) is 14.8 Å². The fourth-order valence-electron chi connectivity index (χ4n) is 2.52. The molecule has 4 nitrogen and oxygen atoms in total. The minimum atomic E-state index is -4.70. The van der Waals surface area contributed by atoms with Crippen LogP contribution < -0.4 is 4.74 Å². The van der Waals surface area contributed by atoms with Crippen LogP contribution in [0.1, 0.15) is 25.3 Å². The van der Waals surface area contributed by atoms with Crippen molar-refractivity contribution in [3.05, 3.63) is 60.4 Å². The summed E-state index contributed by atoms with van der Waals surface area (Å²) in [6.45, 7) is 2.16. The lowest BCUT2D eigenvalue weighted by Crippen LogP contribution is -2.17. The SMILES string of the molecule is CCCCc1ccc(-c2ncn(-c3ccc(OC(F)(F)F)cc3)n2)cc1. The van der Waals surface area contributed by atoms with Crippen molar-refractivity contribution in [3.63, 3.8) is 0 Å². The highest BCUT2D eigenvalue weighted by Crippen LogP contribution is 2.24. The molecular formula is C19H18F3N3O. The van der Waals surface area contributed by atoms with Gasteiger partial charge in [0.15, 0.2) is 5.82 Å². The van der Waals surface area contributed by atoms with E-state index in [1.165, 1.54) is 40.8 Å². The van der Waals surface area contributed by atoms with E-state index in [1.807, 2.05) is 12.1 Å². The average Bonchev–Trinajstić information content (AvgIpc) is 3.10. The van der Waals surface area contributed by atoms with Gasteiger partial charge in [-0.1, -0.05) is 37.6 Å². The van der Waals surface area contributed by atoms with E-state index in [1.54, 1.807) is 0 Å². The van der Waals surface area contributed by atoms with E-state index < -0.39 is 6.36 Å². The van der Waals surface area contributed by atoms with Crippen molar-refractivity contribution in [2.24, 2.45) is 0 Å². The minimum Gasteiger partial charge on any atom is -0.406 e. The highest BCUT2D eigenvalue weighted by atomic mass is 19.4. The third-order valence-corrected chi connectivity index (χ3v) is 3.86. The van der Waals surface area contributed by atoms with Crippen LogP contribution in [-0.2, 0) is 6.42 Å². The number of halogens is 3. The standard InChI is InChI=1S/C19H18F3N3O/c1-2-3-4-14-5-7-15(8-6-14)18-23-13-25(24-18)16-9-11-17(12-10-16)26-19(20,21)22/h5-13H,2-4H2,1H3. The topological polar surface area (TPSA) is 39.9 Å². The van der Waals surface area contributed by atoms with E-state index in [2.05, 4.69) is 33.9 Å². The Morgan fingerprint density at radius 1 is 1.00 bits per heavy atom. The number of unbranched alkanes of at least 4 members (excludes halogenated alkanes) is 1. The van der Waals surface area contributed by atoms with E-state index in [0.717, 1.165) is 24.8 Å². The van der Waals surface area contributed by atoms with Crippen LogP contribution in [-0.4, -0.2) is 21.1 Å². The largest absolute Gasteiger partial charge is 0.573 e. The smallest absolute Gasteiger partial charge is 0.406 e. The molecule has 26 heavy (non-hydrogen) atoms. The van der Waals surface area contributed by atoms with Gasteiger partial charge in [-0.15, -0.1) is 18.3 Å². The molecular weight excluding hydrogens is 343 g/mol. The summed E-state index contributed by atoms with van der Waals surface area (Å²) in [5.74, 6) is 0.284. The van der Waals surface area contributed by atoms with Gasteiger partial charge in [-0.25, -0.2) is 9.67 Å². The van der Waals surface area contributed by atoms with Crippen LogP contribution in [0.4, 0.5) is 13.2 Å². The van der Waals surface area contributed by atoms with Gasteiger partial charge >= 0.3 is 6.36 Å². The van der Waals surface area contributed by atoms with Crippen LogP contribution in [0.5, 0.6) is 5.75 Å². The molecule has 0 fully saturated rings. The van der Waals surface area contributed by atoms with Crippen molar-refractivity contribution < 1.29 is 17.9 Å². The van der Waals surface area contributed by atoms with Gasteiger partial charge in [0.25, 0.3) is 0 Å². The first kappa shape index (κ1) is 18.0. The molecule has 0 radical (unpaired) electrons. The van der Waals surface area contributed by atoms with Crippen molar-refractivity contribution in [3.8, 4) is 22.8 Å². The summed E-state index contributed by atoms with van der Waals surface area (Å²) in [7, 11) is 0. The predicted molar refractivity (Wildman–Crippen MR) is 92.1 cm³/mol. The highest BCUT2D eigenvalue weighted by Gasteiger charge is 2.30. The molecule has 0 aliphatic carbocycles. The van der Waals surface area contributed by atoms with Gasteiger partial charge in [0.2, 0.25) is 0 Å². The van der Waals surface area contributed by atoms with Gasteiger partial charge in [-0.3, -0.25) is 0 Å². The van der Waals surface area contributed by atoms with Gasteiger partial charge in [0.1, 0.15) is 12.1 Å². The predicted octanol–water partition coefficient (Wildman–Crippen LogP) is 5.18. The Labute approximate surface area is 149 Å². The Balaban J connectivity index is 1.73. The minimum absolute atomic E-state index is 0.274. The zero-order valence-corrected chi connectivity index (χ0v) is 14.2. The summed E-state index contributed by atoms with van der Waals surface area (Å²) in [5, 5.41) is 4.39. The maximum absolute atomic E-state index is 12.2. The number of ether oxygens (including phenoxy) is 1. The fraction of sp³-hybridized carbons (Fsp3) is 0.263. The van der Waals surface area contributed by atoms with Crippen molar-refractivity contribution in [1.29, 1.82) is 0 Å². The lowest BCUT2D eigenvalue weighted by atomic mass is 10.1. The molecule has 0 saturated heterocycles. The van der Waals surface area contributed by atoms with Crippen LogP contribution in [0.25, 0.3) is 17.1 Å². The number of hydrogen-bond donors (Lipinski definition) is 0. The van der Waals surface area contributed by atoms with E-state index in [-0.39, 0.29) is 5.75 Å². The second kappa shape index (κ2) is 7.59. The Bertz CT molecular complexity index is 840. The molecule has 0 saturated carbocycles. The molecule has 3 rings (SSSR count). The molecule has 0 bridgehead atoms. The molecule has 3 aromatic rings. The average molecular weight is 361 g/mol. The van der Waals surface area contributed by atoms with Crippen LogP contribution in [0.2, 0.25) is 0 Å². The maximum atomic E-state index is 12.2. The van der Waals surface area contributed by atoms with Crippen LogP contribution in [0, 0.1) is 0 Å². The number of rotatable bonds is 6. The lowest BCUT2D eigenvalue weighted by Gasteiger charge is -2.09. The first-order valence-electron chi connectivity index (χ1n) is 8.32. The molecule has 0 amide bonds. The quantitative estimate of drug-likeness (QED) is 0.608. The number of benzene rings is 2. The lowest BCUT2D eigenvalue weighted by molar-refractivity contribution is -0.274. The van der Waals surface area contributed by atoms with Crippen LogP contribution in [0.3, 0.4) is 0 Å². The monoisotopic (exact) mass is 361 g/mol.